The van der Waals surface area contributed by atoms with Crippen LogP contribution in [0.5, 0.6) is 0 Å². The molecular formula is C12H23N5O3S. The number of nitrogens with zero attached hydrogens (tertiary/aromatic N) is 2. The first kappa shape index (κ1) is 16.4. The highest BCUT2D eigenvalue weighted by Crippen LogP contribution is 2.16. The molecule has 2 heterocycles. The van der Waals surface area contributed by atoms with Crippen molar-refractivity contribution in [2.75, 3.05) is 39.4 Å². The van der Waals surface area contributed by atoms with Gasteiger partial charge in [0, 0.05) is 26.2 Å². The summed E-state index contributed by atoms with van der Waals surface area (Å²) in [6, 6.07) is 0. The number of nitrogens with two attached hydrogens (primary N) is 1. The highest BCUT2D eigenvalue weighted by molar-refractivity contribution is 7.89. The van der Waals surface area contributed by atoms with Crippen molar-refractivity contribution in [1.29, 1.82) is 0 Å². The van der Waals surface area contributed by atoms with Gasteiger partial charge in [0.15, 0.2) is 0 Å². The lowest BCUT2D eigenvalue weighted by atomic mass is 10.3. The van der Waals surface area contributed by atoms with Crippen LogP contribution in [0.3, 0.4) is 0 Å². The molecule has 1 aromatic heterocycles. The predicted molar refractivity (Wildman–Crippen MR) is 78.3 cm³/mol. The molecule has 2 rings (SSSR count). The van der Waals surface area contributed by atoms with E-state index in [0.29, 0.717) is 17.9 Å². The minimum atomic E-state index is -3.56. The highest BCUT2D eigenvalue weighted by Gasteiger charge is 2.23. The first-order chi connectivity index (χ1) is 10.0. The van der Waals surface area contributed by atoms with Crippen LogP contribution in [0.4, 0.5) is 0 Å². The van der Waals surface area contributed by atoms with E-state index in [0.717, 1.165) is 39.3 Å². The van der Waals surface area contributed by atoms with E-state index >= 15 is 0 Å². The largest absolute Gasteiger partial charge is 0.379 e. The summed E-state index contributed by atoms with van der Waals surface area (Å²) in [4.78, 5) is 2.45. The van der Waals surface area contributed by atoms with Gasteiger partial charge < -0.3 is 10.5 Å². The molecule has 4 N–H and O–H groups in total. The number of rotatable bonds is 7. The van der Waals surface area contributed by atoms with Crippen molar-refractivity contribution in [3.8, 4) is 0 Å². The van der Waals surface area contributed by atoms with E-state index in [1.165, 1.54) is 0 Å². The molecule has 1 aromatic rings. The zero-order valence-corrected chi connectivity index (χ0v) is 13.1. The van der Waals surface area contributed by atoms with Crippen LogP contribution in [0.2, 0.25) is 0 Å². The van der Waals surface area contributed by atoms with Gasteiger partial charge in [-0.2, -0.15) is 5.10 Å². The summed E-state index contributed by atoms with van der Waals surface area (Å²) in [7, 11) is -3.56. The first-order valence-corrected chi connectivity index (χ1v) is 8.56. The van der Waals surface area contributed by atoms with Crippen LogP contribution in [-0.2, 0) is 21.3 Å². The lowest BCUT2D eigenvalue weighted by Crippen LogP contribution is -2.38. The Hall–Kier alpha value is -1.00. The van der Waals surface area contributed by atoms with E-state index in [2.05, 4.69) is 19.8 Å². The normalized spacial score (nSPS) is 17.2. The summed E-state index contributed by atoms with van der Waals surface area (Å²) in [5.74, 6) is 0. The van der Waals surface area contributed by atoms with E-state index in [1.54, 1.807) is 6.92 Å². The summed E-state index contributed by atoms with van der Waals surface area (Å²) < 4.78 is 32.5. The van der Waals surface area contributed by atoms with Gasteiger partial charge in [-0.05, 0) is 19.9 Å². The fraction of sp³-hybridized carbons (Fsp3) is 0.750. The molecule has 1 saturated heterocycles. The average Bonchev–Trinajstić information content (AvgIpc) is 2.86. The number of ether oxygens (including phenoxy) is 1. The fourth-order valence-electron chi connectivity index (χ4n) is 2.37. The van der Waals surface area contributed by atoms with Gasteiger partial charge in [-0.25, -0.2) is 13.1 Å². The maximum Gasteiger partial charge on any atom is 0.244 e. The third-order valence-electron chi connectivity index (χ3n) is 3.47. The molecule has 0 bridgehead atoms. The molecule has 1 fully saturated rings. The summed E-state index contributed by atoms with van der Waals surface area (Å²) in [5, 5.41) is 6.58. The Balaban J connectivity index is 1.85. The lowest BCUT2D eigenvalue weighted by Gasteiger charge is -2.26. The monoisotopic (exact) mass is 317 g/mol. The topological polar surface area (TPSA) is 113 Å². The zero-order valence-electron chi connectivity index (χ0n) is 12.3. The summed E-state index contributed by atoms with van der Waals surface area (Å²) in [6.45, 7) is 6.34. The molecule has 0 atom stereocenters. The highest BCUT2D eigenvalue weighted by atomic mass is 32.2. The summed E-state index contributed by atoms with van der Waals surface area (Å²) in [5.41, 5.74) is 6.40. The maximum absolute atomic E-state index is 12.3. The molecule has 0 aromatic carbocycles. The van der Waals surface area contributed by atoms with Gasteiger partial charge in [0.25, 0.3) is 0 Å². The van der Waals surface area contributed by atoms with Crippen LogP contribution < -0.4 is 10.5 Å². The Morgan fingerprint density at radius 1 is 1.43 bits per heavy atom. The van der Waals surface area contributed by atoms with Crippen molar-refractivity contribution in [2.45, 2.75) is 24.8 Å². The minimum Gasteiger partial charge on any atom is -0.379 e. The third-order valence-corrected chi connectivity index (χ3v) is 5.13. The smallest absolute Gasteiger partial charge is 0.244 e. The number of aryl methyl sites for hydroxylation is 1. The average molecular weight is 317 g/mol. The Kier molecular flexibility index (Phi) is 5.71. The Bertz CT molecular complexity index is 551. The zero-order chi connectivity index (χ0) is 15.3. The van der Waals surface area contributed by atoms with Gasteiger partial charge in [0.1, 0.15) is 4.90 Å². The predicted octanol–water partition coefficient (Wildman–Crippen LogP) is -0.823. The second-order valence-corrected chi connectivity index (χ2v) is 6.74. The second kappa shape index (κ2) is 7.32. The van der Waals surface area contributed by atoms with Gasteiger partial charge in [-0.3, -0.25) is 10.00 Å². The summed E-state index contributed by atoms with van der Waals surface area (Å²) in [6.07, 6.45) is 0.758. The van der Waals surface area contributed by atoms with Crippen molar-refractivity contribution in [3.05, 3.63) is 11.4 Å². The number of hydrogen-bond acceptors (Lipinski definition) is 6. The van der Waals surface area contributed by atoms with Gasteiger partial charge in [-0.1, -0.05) is 0 Å². The number of aromatic nitrogens is 2. The number of H-pyrrole nitrogens is 1. The lowest BCUT2D eigenvalue weighted by molar-refractivity contribution is 0.0376. The number of aromatic amines is 1. The van der Waals surface area contributed by atoms with E-state index in [9.17, 15) is 8.42 Å². The summed E-state index contributed by atoms with van der Waals surface area (Å²) >= 11 is 0. The van der Waals surface area contributed by atoms with Crippen LogP contribution in [0, 0.1) is 6.92 Å². The maximum atomic E-state index is 12.3. The van der Waals surface area contributed by atoms with Crippen LogP contribution in [-0.4, -0.2) is 62.9 Å². The Morgan fingerprint density at radius 2 is 2.14 bits per heavy atom. The van der Waals surface area contributed by atoms with Crippen LogP contribution in [0.25, 0.3) is 0 Å². The van der Waals surface area contributed by atoms with Crippen LogP contribution >= 0.6 is 0 Å². The van der Waals surface area contributed by atoms with Gasteiger partial charge in [0.2, 0.25) is 10.0 Å². The SMILES string of the molecule is Cc1[nH]nc(CN)c1S(=O)(=O)NCCCN1CCOCC1. The molecular weight excluding hydrogens is 294 g/mol. The third kappa shape index (κ3) is 4.24. The molecule has 1 aliphatic heterocycles. The molecule has 0 radical (unpaired) electrons. The van der Waals surface area contributed by atoms with E-state index in [-0.39, 0.29) is 11.4 Å². The molecule has 0 unspecified atom stereocenters. The Morgan fingerprint density at radius 3 is 2.81 bits per heavy atom. The van der Waals surface area contributed by atoms with E-state index < -0.39 is 10.0 Å². The van der Waals surface area contributed by atoms with Gasteiger partial charge in [-0.15, -0.1) is 0 Å². The Labute approximate surface area is 125 Å². The molecule has 0 amide bonds. The molecule has 0 aliphatic carbocycles. The minimum absolute atomic E-state index is 0.0916. The standard InChI is InChI=1S/C12H23N5O3S/c1-10-12(11(9-13)16-15-10)21(18,19)14-3-2-4-17-5-7-20-8-6-17/h14H,2-9,13H2,1H3,(H,15,16). The van der Waals surface area contributed by atoms with Gasteiger partial charge >= 0.3 is 0 Å². The fourth-order valence-corrected chi connectivity index (χ4v) is 3.82. The van der Waals surface area contributed by atoms with Crippen molar-refractivity contribution < 1.29 is 13.2 Å². The van der Waals surface area contributed by atoms with Crippen molar-refractivity contribution in [2.24, 2.45) is 5.73 Å². The van der Waals surface area contributed by atoms with Gasteiger partial charge in [0.05, 0.1) is 24.6 Å². The van der Waals surface area contributed by atoms with E-state index in [4.69, 9.17) is 10.5 Å². The quantitative estimate of drug-likeness (QED) is 0.566. The van der Waals surface area contributed by atoms with Crippen LogP contribution in [0.1, 0.15) is 17.8 Å². The van der Waals surface area contributed by atoms with Crippen molar-refractivity contribution in [3.63, 3.8) is 0 Å². The van der Waals surface area contributed by atoms with E-state index in [1.807, 2.05) is 0 Å². The van der Waals surface area contributed by atoms with Crippen LogP contribution in [0.15, 0.2) is 4.90 Å². The van der Waals surface area contributed by atoms with Crippen molar-refractivity contribution >= 4 is 10.0 Å². The molecule has 120 valence electrons. The number of sulfonamides is 1. The molecule has 21 heavy (non-hydrogen) atoms. The number of nitrogens with one attached hydrogen (secondary N) is 2. The molecule has 1 aliphatic rings. The molecule has 0 spiro atoms. The molecule has 8 nitrogen and oxygen atoms in total. The van der Waals surface area contributed by atoms with Crippen molar-refractivity contribution in [1.82, 2.24) is 19.8 Å². The number of hydrogen-bond donors (Lipinski definition) is 3. The first-order valence-electron chi connectivity index (χ1n) is 7.08. The second-order valence-electron chi connectivity index (χ2n) is 5.03. The number of morpholine rings is 1. The molecule has 0 saturated carbocycles. The molecule has 9 heteroatoms.